The Balaban J connectivity index is 1.53. The van der Waals surface area contributed by atoms with Crippen molar-refractivity contribution >= 4 is 29.7 Å². The minimum Gasteiger partial charge on any atom is -0.490 e. The van der Waals surface area contributed by atoms with Crippen LogP contribution >= 0.6 is 11.6 Å². The van der Waals surface area contributed by atoms with Crippen LogP contribution in [0.25, 0.3) is 0 Å². The summed E-state index contributed by atoms with van der Waals surface area (Å²) in [4.78, 5) is 24.3. The highest BCUT2D eigenvalue weighted by atomic mass is 35.5. The van der Waals surface area contributed by atoms with Gasteiger partial charge < -0.3 is 9.47 Å². The Morgan fingerprint density at radius 2 is 1.65 bits per heavy atom. The van der Waals surface area contributed by atoms with Gasteiger partial charge in [-0.2, -0.15) is 5.10 Å². The summed E-state index contributed by atoms with van der Waals surface area (Å²) in [5.41, 5.74) is 3.91. The van der Waals surface area contributed by atoms with Crippen LogP contribution in [0.5, 0.6) is 11.5 Å². The van der Waals surface area contributed by atoms with Gasteiger partial charge in [0.15, 0.2) is 0 Å². The van der Waals surface area contributed by atoms with E-state index in [1.807, 2.05) is 0 Å². The van der Waals surface area contributed by atoms with Crippen LogP contribution in [-0.2, 0) is 0 Å². The van der Waals surface area contributed by atoms with Crippen molar-refractivity contribution in [3.8, 4) is 11.5 Å². The largest absolute Gasteiger partial charge is 0.490 e. The van der Waals surface area contributed by atoms with Crippen LogP contribution < -0.4 is 14.9 Å². The van der Waals surface area contributed by atoms with E-state index in [0.29, 0.717) is 34.3 Å². The van der Waals surface area contributed by atoms with E-state index in [1.54, 1.807) is 78.9 Å². The van der Waals surface area contributed by atoms with Crippen LogP contribution in [0, 0.1) is 0 Å². The minimum absolute atomic E-state index is 0.290. The van der Waals surface area contributed by atoms with Crippen molar-refractivity contribution in [3.05, 3.63) is 107 Å². The summed E-state index contributed by atoms with van der Waals surface area (Å²) in [6.45, 7) is 3.98. The summed E-state index contributed by atoms with van der Waals surface area (Å²) in [7, 11) is 0. The molecular formula is C24H19ClN2O4. The average Bonchev–Trinajstić information content (AvgIpc) is 2.79. The number of rotatable bonds is 8. The molecule has 31 heavy (non-hydrogen) atoms. The first-order valence-electron chi connectivity index (χ1n) is 9.31. The number of nitrogens with zero attached hydrogens (tertiary/aromatic N) is 1. The van der Waals surface area contributed by atoms with Gasteiger partial charge in [0.1, 0.15) is 18.1 Å². The molecule has 0 fully saturated rings. The minimum atomic E-state index is -0.541. The zero-order chi connectivity index (χ0) is 22.1. The Hall–Kier alpha value is -3.90. The van der Waals surface area contributed by atoms with Crippen LogP contribution in [-0.4, -0.2) is 24.7 Å². The number of amides is 1. The van der Waals surface area contributed by atoms with Gasteiger partial charge >= 0.3 is 5.97 Å². The van der Waals surface area contributed by atoms with Gasteiger partial charge in [-0.05, 0) is 66.2 Å². The van der Waals surface area contributed by atoms with Gasteiger partial charge in [-0.25, -0.2) is 10.2 Å². The molecule has 0 saturated heterocycles. The quantitative estimate of drug-likeness (QED) is 0.180. The van der Waals surface area contributed by atoms with Gasteiger partial charge in [-0.1, -0.05) is 36.4 Å². The fourth-order valence-corrected chi connectivity index (χ4v) is 2.71. The molecule has 0 bridgehead atoms. The van der Waals surface area contributed by atoms with Crippen molar-refractivity contribution in [2.75, 3.05) is 6.61 Å². The molecule has 0 radical (unpaired) electrons. The normalized spacial score (nSPS) is 10.5. The molecule has 3 aromatic carbocycles. The lowest BCUT2D eigenvalue weighted by molar-refractivity contribution is 0.0734. The van der Waals surface area contributed by atoms with E-state index in [9.17, 15) is 9.59 Å². The van der Waals surface area contributed by atoms with E-state index in [-0.39, 0.29) is 11.5 Å². The highest BCUT2D eigenvalue weighted by Crippen LogP contribution is 2.19. The van der Waals surface area contributed by atoms with Crippen molar-refractivity contribution in [2.24, 2.45) is 5.10 Å². The van der Waals surface area contributed by atoms with Gasteiger partial charge in [-0.15, -0.1) is 0 Å². The zero-order valence-electron chi connectivity index (χ0n) is 16.5. The Kier molecular flexibility index (Phi) is 7.56. The maximum Gasteiger partial charge on any atom is 0.345 e. The van der Waals surface area contributed by atoms with Crippen molar-refractivity contribution < 1.29 is 19.1 Å². The third-order valence-electron chi connectivity index (χ3n) is 4.05. The Labute approximate surface area is 184 Å². The summed E-state index contributed by atoms with van der Waals surface area (Å²) in [6.07, 6.45) is 3.13. The second-order valence-electron chi connectivity index (χ2n) is 6.26. The smallest absolute Gasteiger partial charge is 0.345 e. The predicted molar refractivity (Wildman–Crippen MR) is 120 cm³/mol. The number of ether oxygens (including phenoxy) is 2. The SMILES string of the molecule is C=CCOc1ccc(C(=O)NN=Cc2ccc(OC(=O)c3ccccc3Cl)cc2)cc1. The second kappa shape index (κ2) is 10.8. The molecule has 0 aliphatic carbocycles. The number of halogens is 1. The summed E-state index contributed by atoms with van der Waals surface area (Å²) in [6, 6.07) is 20.0. The number of hydrogen-bond acceptors (Lipinski definition) is 5. The van der Waals surface area contributed by atoms with Crippen LogP contribution in [0.4, 0.5) is 0 Å². The van der Waals surface area contributed by atoms with Gasteiger partial charge in [0.25, 0.3) is 5.91 Å². The van der Waals surface area contributed by atoms with Crippen LogP contribution in [0.1, 0.15) is 26.3 Å². The van der Waals surface area contributed by atoms with E-state index in [1.165, 1.54) is 6.21 Å². The van der Waals surface area contributed by atoms with E-state index in [2.05, 4.69) is 17.1 Å². The lowest BCUT2D eigenvalue weighted by Crippen LogP contribution is -2.17. The molecule has 7 heteroatoms. The molecule has 3 aromatic rings. The molecule has 0 aliphatic heterocycles. The molecule has 0 saturated carbocycles. The van der Waals surface area contributed by atoms with Gasteiger partial charge in [0.2, 0.25) is 0 Å². The number of benzene rings is 3. The van der Waals surface area contributed by atoms with Crippen molar-refractivity contribution in [1.82, 2.24) is 5.43 Å². The molecule has 0 atom stereocenters. The van der Waals surface area contributed by atoms with Crippen molar-refractivity contribution in [3.63, 3.8) is 0 Å². The van der Waals surface area contributed by atoms with Crippen molar-refractivity contribution in [2.45, 2.75) is 0 Å². The molecule has 0 aromatic heterocycles. The fraction of sp³-hybridized carbons (Fsp3) is 0.0417. The maximum atomic E-state index is 12.2. The Morgan fingerprint density at radius 3 is 2.32 bits per heavy atom. The molecule has 0 aliphatic rings. The van der Waals surface area contributed by atoms with Gasteiger partial charge in [-0.3, -0.25) is 4.79 Å². The first-order chi connectivity index (χ1) is 15.1. The highest BCUT2D eigenvalue weighted by molar-refractivity contribution is 6.33. The molecule has 156 valence electrons. The van der Waals surface area contributed by atoms with E-state index < -0.39 is 5.97 Å². The van der Waals surface area contributed by atoms with E-state index >= 15 is 0 Å². The van der Waals surface area contributed by atoms with Gasteiger partial charge in [0, 0.05) is 5.56 Å². The summed E-state index contributed by atoms with van der Waals surface area (Å²) >= 11 is 6.00. The molecule has 3 rings (SSSR count). The highest BCUT2D eigenvalue weighted by Gasteiger charge is 2.12. The lowest BCUT2D eigenvalue weighted by atomic mass is 10.2. The molecule has 1 amide bonds. The van der Waals surface area contributed by atoms with E-state index in [4.69, 9.17) is 21.1 Å². The number of carbonyl (C=O) groups excluding carboxylic acids is 2. The lowest BCUT2D eigenvalue weighted by Gasteiger charge is -2.06. The molecule has 0 unspecified atom stereocenters. The maximum absolute atomic E-state index is 12.2. The van der Waals surface area contributed by atoms with E-state index in [0.717, 1.165) is 0 Å². The second-order valence-corrected chi connectivity index (χ2v) is 6.67. The monoisotopic (exact) mass is 434 g/mol. The van der Waals surface area contributed by atoms with Gasteiger partial charge in [0.05, 0.1) is 16.8 Å². The first kappa shape index (κ1) is 21.8. The summed E-state index contributed by atoms with van der Waals surface area (Å²) in [5.74, 6) is 0.122. The molecular weight excluding hydrogens is 416 g/mol. The number of hydrazone groups is 1. The first-order valence-corrected chi connectivity index (χ1v) is 9.68. The Bertz CT molecular complexity index is 1090. The molecule has 6 nitrogen and oxygen atoms in total. The molecule has 0 heterocycles. The van der Waals surface area contributed by atoms with Crippen LogP contribution in [0.2, 0.25) is 5.02 Å². The topological polar surface area (TPSA) is 77.0 Å². The van der Waals surface area contributed by atoms with Crippen molar-refractivity contribution in [1.29, 1.82) is 0 Å². The standard InChI is InChI=1S/C24H19ClN2O4/c1-2-15-30-19-13-9-18(10-14-19)23(28)27-26-16-17-7-11-20(12-8-17)31-24(29)21-5-3-4-6-22(21)25/h2-14,16H,1,15H2,(H,27,28). The third kappa shape index (κ3) is 6.29. The van der Waals surface area contributed by atoms with Crippen LogP contribution in [0.3, 0.4) is 0 Å². The number of esters is 1. The Morgan fingerprint density at radius 1 is 0.968 bits per heavy atom. The zero-order valence-corrected chi connectivity index (χ0v) is 17.2. The number of hydrogen-bond donors (Lipinski definition) is 1. The summed E-state index contributed by atoms with van der Waals surface area (Å²) in [5, 5.41) is 4.27. The fourth-order valence-electron chi connectivity index (χ4n) is 2.50. The molecule has 1 N–H and O–H groups in total. The average molecular weight is 435 g/mol. The van der Waals surface area contributed by atoms with Crippen LogP contribution in [0.15, 0.2) is 90.6 Å². The number of carbonyl (C=O) groups is 2. The third-order valence-corrected chi connectivity index (χ3v) is 4.38. The summed E-state index contributed by atoms with van der Waals surface area (Å²) < 4.78 is 10.7. The molecule has 0 spiro atoms. The predicted octanol–water partition coefficient (Wildman–Crippen LogP) is 4.89. The number of nitrogens with one attached hydrogen (secondary N) is 1.